The van der Waals surface area contributed by atoms with E-state index in [1.54, 1.807) is 13.0 Å². The Kier molecular flexibility index (Phi) is 3.30. The molecule has 0 fully saturated rings. The van der Waals surface area contributed by atoms with Crippen LogP contribution in [0.1, 0.15) is 24.5 Å². The van der Waals surface area contributed by atoms with Crippen molar-refractivity contribution in [3.63, 3.8) is 0 Å². The van der Waals surface area contributed by atoms with Crippen LogP contribution in [0.3, 0.4) is 0 Å². The molecule has 1 aromatic carbocycles. The lowest BCUT2D eigenvalue weighted by molar-refractivity contribution is -0.143. The molecule has 0 saturated heterocycles. The maximum atomic E-state index is 11.2. The Bertz CT molecular complexity index is 365. The zero-order valence-corrected chi connectivity index (χ0v) is 9.16. The quantitative estimate of drug-likeness (QED) is 0.766. The van der Waals surface area contributed by atoms with E-state index < -0.39 is 11.4 Å². The number of carbonyl (C=O) groups is 1. The smallest absolute Gasteiger partial charge is 0.314 e. The molecule has 1 atom stereocenters. The fourth-order valence-electron chi connectivity index (χ4n) is 1.54. The van der Waals surface area contributed by atoms with Crippen LogP contribution in [0.4, 0.5) is 0 Å². The van der Waals surface area contributed by atoms with E-state index in [1.165, 1.54) is 0 Å². The Morgan fingerprint density at radius 1 is 1.47 bits per heavy atom. The molecule has 1 rings (SSSR count). The Morgan fingerprint density at radius 2 is 2.00 bits per heavy atom. The summed E-state index contributed by atoms with van der Waals surface area (Å²) in [5.41, 5.74) is 1.08. The fraction of sp³-hybridized carbons (Fsp3) is 0.308. The van der Waals surface area contributed by atoms with Crippen LogP contribution in [0.2, 0.25) is 0 Å². The SMILES string of the molecule is C=CCC(C)(C(=O)O)c1ccc(C)cc1. The topological polar surface area (TPSA) is 37.3 Å². The molecule has 0 radical (unpaired) electrons. The summed E-state index contributed by atoms with van der Waals surface area (Å²) >= 11 is 0. The lowest BCUT2D eigenvalue weighted by atomic mass is 9.79. The summed E-state index contributed by atoms with van der Waals surface area (Å²) in [5, 5.41) is 9.24. The van der Waals surface area contributed by atoms with Gasteiger partial charge in [0.25, 0.3) is 0 Å². The van der Waals surface area contributed by atoms with E-state index in [4.69, 9.17) is 0 Å². The van der Waals surface area contributed by atoms with Crippen LogP contribution in [0.15, 0.2) is 36.9 Å². The number of benzene rings is 1. The van der Waals surface area contributed by atoms with Gasteiger partial charge in [0.1, 0.15) is 0 Å². The average Bonchev–Trinajstić information content (AvgIpc) is 2.18. The van der Waals surface area contributed by atoms with Gasteiger partial charge in [0.05, 0.1) is 5.41 Å². The molecule has 1 unspecified atom stereocenters. The first-order valence-corrected chi connectivity index (χ1v) is 4.92. The first-order chi connectivity index (χ1) is 7.00. The van der Waals surface area contributed by atoms with Gasteiger partial charge in [-0.25, -0.2) is 0 Å². The van der Waals surface area contributed by atoms with E-state index in [2.05, 4.69) is 6.58 Å². The molecule has 15 heavy (non-hydrogen) atoms. The molecule has 0 saturated carbocycles. The Labute approximate surface area is 90.3 Å². The third kappa shape index (κ3) is 2.27. The lowest BCUT2D eigenvalue weighted by Crippen LogP contribution is -2.31. The molecule has 0 aliphatic heterocycles. The minimum absolute atomic E-state index is 0.436. The molecule has 2 heteroatoms. The summed E-state index contributed by atoms with van der Waals surface area (Å²) in [7, 11) is 0. The van der Waals surface area contributed by atoms with Gasteiger partial charge in [0.15, 0.2) is 0 Å². The van der Waals surface area contributed by atoms with E-state index in [0.717, 1.165) is 11.1 Å². The summed E-state index contributed by atoms with van der Waals surface area (Å²) in [5.74, 6) is -0.814. The maximum Gasteiger partial charge on any atom is 0.314 e. The van der Waals surface area contributed by atoms with Crippen molar-refractivity contribution >= 4 is 5.97 Å². The van der Waals surface area contributed by atoms with Crippen LogP contribution < -0.4 is 0 Å². The van der Waals surface area contributed by atoms with Gasteiger partial charge in [-0.3, -0.25) is 4.79 Å². The van der Waals surface area contributed by atoms with Crippen molar-refractivity contribution in [1.29, 1.82) is 0 Å². The number of aryl methyl sites for hydroxylation is 1. The predicted octanol–water partition coefficient (Wildman–Crippen LogP) is 2.91. The van der Waals surface area contributed by atoms with Crippen LogP contribution in [0.25, 0.3) is 0 Å². The summed E-state index contributed by atoms with van der Waals surface area (Å²) in [6, 6.07) is 7.60. The van der Waals surface area contributed by atoms with Crippen molar-refractivity contribution in [2.75, 3.05) is 0 Å². The van der Waals surface area contributed by atoms with Crippen molar-refractivity contribution in [3.05, 3.63) is 48.0 Å². The number of aliphatic carboxylic acids is 1. The minimum atomic E-state index is -0.866. The molecular formula is C13H16O2. The highest BCUT2D eigenvalue weighted by Crippen LogP contribution is 2.28. The van der Waals surface area contributed by atoms with Gasteiger partial charge < -0.3 is 5.11 Å². The second kappa shape index (κ2) is 4.30. The predicted molar refractivity (Wildman–Crippen MR) is 61.0 cm³/mol. The van der Waals surface area contributed by atoms with E-state index in [-0.39, 0.29) is 0 Å². The van der Waals surface area contributed by atoms with E-state index in [9.17, 15) is 9.90 Å². The van der Waals surface area contributed by atoms with Crippen molar-refractivity contribution in [3.8, 4) is 0 Å². The van der Waals surface area contributed by atoms with E-state index >= 15 is 0 Å². The number of carboxylic acids is 1. The van der Waals surface area contributed by atoms with Crippen molar-refractivity contribution in [1.82, 2.24) is 0 Å². The Balaban J connectivity index is 3.14. The normalized spacial score (nSPS) is 14.3. The molecule has 0 amide bonds. The van der Waals surface area contributed by atoms with Crippen LogP contribution in [-0.2, 0) is 10.2 Å². The highest BCUT2D eigenvalue weighted by Gasteiger charge is 2.33. The highest BCUT2D eigenvalue weighted by molar-refractivity contribution is 5.81. The lowest BCUT2D eigenvalue weighted by Gasteiger charge is -2.23. The zero-order chi connectivity index (χ0) is 11.5. The van der Waals surface area contributed by atoms with Gasteiger partial charge in [0.2, 0.25) is 0 Å². The van der Waals surface area contributed by atoms with Gasteiger partial charge in [-0.1, -0.05) is 35.9 Å². The van der Waals surface area contributed by atoms with Crippen LogP contribution in [0.5, 0.6) is 0 Å². The van der Waals surface area contributed by atoms with Crippen LogP contribution in [-0.4, -0.2) is 11.1 Å². The average molecular weight is 204 g/mol. The number of hydrogen-bond donors (Lipinski definition) is 1. The molecule has 0 bridgehead atoms. The molecule has 0 aromatic heterocycles. The molecule has 1 N–H and O–H groups in total. The van der Waals surface area contributed by atoms with Gasteiger partial charge in [-0.2, -0.15) is 0 Å². The summed E-state index contributed by atoms with van der Waals surface area (Å²) < 4.78 is 0. The largest absolute Gasteiger partial charge is 0.481 e. The number of hydrogen-bond acceptors (Lipinski definition) is 1. The molecule has 0 spiro atoms. The highest BCUT2D eigenvalue weighted by atomic mass is 16.4. The third-order valence-corrected chi connectivity index (χ3v) is 2.71. The van der Waals surface area contributed by atoms with Gasteiger partial charge in [-0.15, -0.1) is 6.58 Å². The summed E-state index contributed by atoms with van der Waals surface area (Å²) in [6.45, 7) is 7.31. The molecule has 2 nitrogen and oxygen atoms in total. The maximum absolute atomic E-state index is 11.2. The fourth-order valence-corrected chi connectivity index (χ4v) is 1.54. The van der Waals surface area contributed by atoms with Crippen molar-refractivity contribution in [2.45, 2.75) is 25.7 Å². The standard InChI is InChI=1S/C13H16O2/c1-4-9-13(3,12(14)15)11-7-5-10(2)6-8-11/h4-8H,1,9H2,2-3H3,(H,14,15). The summed E-state index contributed by atoms with van der Waals surface area (Å²) in [6.07, 6.45) is 2.08. The molecule has 80 valence electrons. The Hall–Kier alpha value is -1.57. The zero-order valence-electron chi connectivity index (χ0n) is 9.16. The monoisotopic (exact) mass is 204 g/mol. The second-order valence-corrected chi connectivity index (χ2v) is 4.00. The third-order valence-electron chi connectivity index (χ3n) is 2.71. The molecule has 1 aromatic rings. The minimum Gasteiger partial charge on any atom is -0.481 e. The number of carboxylic acid groups (broad SMARTS) is 1. The first kappa shape index (κ1) is 11.5. The van der Waals surface area contributed by atoms with E-state index in [0.29, 0.717) is 6.42 Å². The van der Waals surface area contributed by atoms with Crippen molar-refractivity contribution in [2.24, 2.45) is 0 Å². The van der Waals surface area contributed by atoms with Crippen LogP contribution in [0, 0.1) is 6.92 Å². The molecule has 0 aliphatic carbocycles. The second-order valence-electron chi connectivity index (χ2n) is 4.00. The molecular weight excluding hydrogens is 188 g/mol. The van der Waals surface area contributed by atoms with E-state index in [1.807, 2.05) is 31.2 Å². The summed E-state index contributed by atoms with van der Waals surface area (Å²) in [4.78, 5) is 11.2. The molecule has 0 heterocycles. The molecule has 0 aliphatic rings. The number of rotatable bonds is 4. The van der Waals surface area contributed by atoms with Gasteiger partial charge >= 0.3 is 5.97 Å². The van der Waals surface area contributed by atoms with Gasteiger partial charge in [0, 0.05) is 0 Å². The van der Waals surface area contributed by atoms with Gasteiger partial charge in [-0.05, 0) is 25.8 Å². The van der Waals surface area contributed by atoms with Crippen molar-refractivity contribution < 1.29 is 9.90 Å². The Morgan fingerprint density at radius 3 is 2.40 bits per heavy atom. The van der Waals surface area contributed by atoms with Crippen LogP contribution >= 0.6 is 0 Å². The number of allylic oxidation sites excluding steroid dienone is 1. The first-order valence-electron chi connectivity index (χ1n) is 4.92.